The van der Waals surface area contributed by atoms with Crippen LogP contribution in [0.25, 0.3) is 0 Å². The van der Waals surface area contributed by atoms with Crippen LogP contribution in [0.15, 0.2) is 18.2 Å². The zero-order valence-corrected chi connectivity index (χ0v) is 9.01. The van der Waals surface area contributed by atoms with E-state index in [2.05, 4.69) is 6.92 Å². The molecule has 0 atom stereocenters. The molecule has 3 heteroatoms. The molecule has 0 unspecified atom stereocenters. The summed E-state index contributed by atoms with van der Waals surface area (Å²) in [5.74, 6) is 0.654. The number of aryl methyl sites for hydroxylation is 1. The van der Waals surface area contributed by atoms with Gasteiger partial charge in [0, 0.05) is 7.11 Å². The Labute approximate surface area is 89.8 Å². The predicted molar refractivity (Wildman–Crippen MR) is 57.6 cm³/mol. The van der Waals surface area contributed by atoms with Crippen molar-refractivity contribution in [1.29, 1.82) is 0 Å². The zero-order chi connectivity index (χ0) is 10.4. The molecule has 0 aliphatic heterocycles. The highest BCUT2D eigenvalue weighted by atomic mass is 35.5. The average molecular weight is 214 g/mol. The fourth-order valence-corrected chi connectivity index (χ4v) is 1.40. The van der Waals surface area contributed by atoms with Gasteiger partial charge >= 0.3 is 0 Å². The van der Waals surface area contributed by atoms with Crippen molar-refractivity contribution >= 4 is 11.6 Å². The first-order chi connectivity index (χ1) is 6.77. The van der Waals surface area contributed by atoms with Crippen molar-refractivity contribution in [3.05, 3.63) is 35.7 Å². The van der Waals surface area contributed by atoms with Gasteiger partial charge in [0.1, 0.15) is 5.75 Å². The molecule has 0 heterocycles. The molecule has 1 aromatic rings. The van der Waals surface area contributed by atoms with E-state index in [-0.39, 0.29) is 6.79 Å². The van der Waals surface area contributed by atoms with Gasteiger partial charge in [0.2, 0.25) is 0 Å². The van der Waals surface area contributed by atoms with Crippen molar-refractivity contribution in [2.75, 3.05) is 13.9 Å². The van der Waals surface area contributed by atoms with Crippen LogP contribution in [0.3, 0.4) is 0 Å². The molecule has 0 N–H and O–H groups in total. The van der Waals surface area contributed by atoms with Gasteiger partial charge in [0.25, 0.3) is 0 Å². The van der Waals surface area contributed by atoms with Gasteiger partial charge in [-0.15, -0.1) is 0 Å². The summed E-state index contributed by atoms with van der Waals surface area (Å²) in [4.78, 5) is 0. The van der Waals surface area contributed by atoms with E-state index in [1.54, 1.807) is 7.11 Å². The molecule has 0 aliphatic carbocycles. The fraction of sp³-hybridized carbons (Fsp3) is 0.364. The molecule has 0 amide bonds. The molecule has 0 saturated heterocycles. The lowest BCUT2D eigenvalue weighted by Gasteiger charge is -2.07. The van der Waals surface area contributed by atoms with Gasteiger partial charge in [0.15, 0.2) is 6.79 Å². The number of benzene rings is 1. The molecule has 1 rings (SSSR count). The quantitative estimate of drug-likeness (QED) is 0.700. The van der Waals surface area contributed by atoms with Gasteiger partial charge in [0.05, 0.1) is 5.02 Å². The number of halogens is 1. The van der Waals surface area contributed by atoms with Crippen LogP contribution in [0.4, 0.5) is 0 Å². The van der Waals surface area contributed by atoms with Gasteiger partial charge < -0.3 is 9.47 Å². The van der Waals surface area contributed by atoms with Crippen LogP contribution in [0.2, 0.25) is 5.02 Å². The van der Waals surface area contributed by atoms with E-state index >= 15 is 0 Å². The highest BCUT2D eigenvalue weighted by molar-refractivity contribution is 6.32. The third kappa shape index (κ3) is 3.20. The van der Waals surface area contributed by atoms with E-state index in [0.29, 0.717) is 10.8 Å². The Bertz CT molecular complexity index is 287. The maximum absolute atomic E-state index is 6.00. The Morgan fingerprint density at radius 2 is 2.21 bits per heavy atom. The molecule has 1 aromatic carbocycles. The van der Waals surface area contributed by atoms with Crippen molar-refractivity contribution in [3.63, 3.8) is 0 Å². The normalized spacial score (nSPS) is 10.2. The minimum atomic E-state index is 0.217. The van der Waals surface area contributed by atoms with Gasteiger partial charge in [-0.05, 0) is 30.5 Å². The molecule has 1 radical (unpaired) electrons. The van der Waals surface area contributed by atoms with Crippen LogP contribution in [-0.2, 0) is 11.2 Å². The molecule has 0 aromatic heterocycles. The van der Waals surface area contributed by atoms with Gasteiger partial charge in [-0.2, -0.15) is 0 Å². The third-order valence-corrected chi connectivity index (χ3v) is 2.09. The summed E-state index contributed by atoms with van der Waals surface area (Å²) >= 11 is 6.00. The van der Waals surface area contributed by atoms with Crippen LogP contribution in [0, 0.1) is 6.92 Å². The van der Waals surface area contributed by atoms with Crippen molar-refractivity contribution in [2.24, 2.45) is 0 Å². The topological polar surface area (TPSA) is 18.5 Å². The molecule has 0 saturated carbocycles. The Hall–Kier alpha value is -0.730. The van der Waals surface area contributed by atoms with Gasteiger partial charge in [-0.25, -0.2) is 0 Å². The van der Waals surface area contributed by atoms with E-state index in [1.165, 1.54) is 5.56 Å². The Morgan fingerprint density at radius 3 is 2.79 bits per heavy atom. The van der Waals surface area contributed by atoms with Crippen molar-refractivity contribution in [1.82, 2.24) is 0 Å². The van der Waals surface area contributed by atoms with Crippen LogP contribution in [0.5, 0.6) is 5.75 Å². The number of ether oxygens (including phenoxy) is 2. The van der Waals surface area contributed by atoms with Crippen LogP contribution in [-0.4, -0.2) is 13.9 Å². The summed E-state index contributed by atoms with van der Waals surface area (Å²) < 4.78 is 10.0. The van der Waals surface area contributed by atoms with Crippen molar-refractivity contribution in [3.8, 4) is 5.75 Å². The van der Waals surface area contributed by atoms with E-state index in [9.17, 15) is 0 Å². The molecule has 0 spiro atoms. The Balaban J connectivity index is 2.68. The molecule has 0 fully saturated rings. The molecule has 2 nitrogen and oxygen atoms in total. The van der Waals surface area contributed by atoms with Crippen molar-refractivity contribution < 1.29 is 9.47 Å². The number of rotatable bonds is 5. The third-order valence-electron chi connectivity index (χ3n) is 1.79. The average Bonchev–Trinajstić information content (AvgIpc) is 2.17. The van der Waals surface area contributed by atoms with E-state index in [1.807, 2.05) is 18.2 Å². The molecule has 77 valence electrons. The monoisotopic (exact) mass is 213 g/mol. The molecule has 14 heavy (non-hydrogen) atoms. The second-order valence-corrected chi connectivity index (χ2v) is 3.33. The first-order valence-electron chi connectivity index (χ1n) is 4.47. The van der Waals surface area contributed by atoms with Gasteiger partial charge in [-0.1, -0.05) is 24.6 Å². The minimum absolute atomic E-state index is 0.217. The molecular formula is C11H14ClO2. The van der Waals surface area contributed by atoms with E-state index < -0.39 is 0 Å². The fourth-order valence-electron chi connectivity index (χ4n) is 1.14. The number of hydrogen-bond donors (Lipinski definition) is 0. The SMILES string of the molecule is [CH2]CCc1ccc(OCOC)c(Cl)c1. The lowest BCUT2D eigenvalue weighted by molar-refractivity contribution is 0.0512. The molecule has 0 bridgehead atoms. The summed E-state index contributed by atoms with van der Waals surface area (Å²) in [5.41, 5.74) is 1.18. The highest BCUT2D eigenvalue weighted by Gasteiger charge is 2.02. The maximum atomic E-state index is 6.00. The van der Waals surface area contributed by atoms with Crippen LogP contribution in [0.1, 0.15) is 12.0 Å². The Kier molecular flexibility index (Phi) is 4.77. The lowest BCUT2D eigenvalue weighted by atomic mass is 10.1. The van der Waals surface area contributed by atoms with Crippen molar-refractivity contribution in [2.45, 2.75) is 12.8 Å². The van der Waals surface area contributed by atoms with Crippen LogP contribution < -0.4 is 4.74 Å². The lowest BCUT2D eigenvalue weighted by Crippen LogP contribution is -1.99. The van der Waals surface area contributed by atoms with Crippen LogP contribution >= 0.6 is 11.6 Å². The first-order valence-corrected chi connectivity index (χ1v) is 4.85. The van der Waals surface area contributed by atoms with E-state index in [0.717, 1.165) is 12.8 Å². The number of methoxy groups -OCH3 is 1. The first kappa shape index (κ1) is 11.3. The maximum Gasteiger partial charge on any atom is 0.188 e. The smallest absolute Gasteiger partial charge is 0.188 e. The zero-order valence-electron chi connectivity index (χ0n) is 8.25. The summed E-state index contributed by atoms with van der Waals surface area (Å²) in [5, 5.41) is 0.619. The summed E-state index contributed by atoms with van der Waals surface area (Å²) in [6.07, 6.45) is 1.80. The number of hydrogen-bond acceptors (Lipinski definition) is 2. The summed E-state index contributed by atoms with van der Waals surface area (Å²) in [6.45, 7) is 4.00. The molecular weight excluding hydrogens is 200 g/mol. The highest BCUT2D eigenvalue weighted by Crippen LogP contribution is 2.25. The largest absolute Gasteiger partial charge is 0.466 e. The second kappa shape index (κ2) is 5.89. The van der Waals surface area contributed by atoms with E-state index in [4.69, 9.17) is 21.1 Å². The van der Waals surface area contributed by atoms with Gasteiger partial charge in [-0.3, -0.25) is 0 Å². The molecule has 0 aliphatic rings. The minimum Gasteiger partial charge on any atom is -0.466 e. The predicted octanol–water partition coefficient (Wildman–Crippen LogP) is 3.09. The summed E-state index contributed by atoms with van der Waals surface area (Å²) in [7, 11) is 1.57. The Morgan fingerprint density at radius 1 is 1.43 bits per heavy atom. The second-order valence-electron chi connectivity index (χ2n) is 2.92. The summed E-state index contributed by atoms with van der Waals surface area (Å²) in [6, 6.07) is 5.74. The standard InChI is InChI=1S/C11H14ClO2/c1-3-4-9-5-6-11(10(12)7-9)14-8-13-2/h5-7H,1,3-4,8H2,2H3.